The molecule has 0 radical (unpaired) electrons. The molecule has 0 saturated carbocycles. The predicted octanol–water partition coefficient (Wildman–Crippen LogP) is 4.02. The highest BCUT2D eigenvalue weighted by molar-refractivity contribution is 8.26. The SMILES string of the molecule is CC(C(=O)N1CCCC[C@H]1c1cccnc1)N1C(=O)C(=Cc2ccco2)SC1=S. The van der Waals surface area contributed by atoms with E-state index in [4.69, 9.17) is 16.6 Å². The summed E-state index contributed by atoms with van der Waals surface area (Å²) in [7, 11) is 0. The van der Waals surface area contributed by atoms with Gasteiger partial charge in [-0.1, -0.05) is 30.0 Å². The maximum absolute atomic E-state index is 13.4. The highest BCUT2D eigenvalue weighted by atomic mass is 32.2. The first-order valence-corrected chi connectivity index (χ1v) is 10.8. The second kappa shape index (κ2) is 8.51. The molecule has 0 spiro atoms. The molecular weight excluding hydrogens is 406 g/mol. The van der Waals surface area contributed by atoms with Crippen LogP contribution in [0.1, 0.15) is 43.6 Å². The van der Waals surface area contributed by atoms with Gasteiger partial charge in [-0.3, -0.25) is 19.5 Å². The number of thiocarbonyl (C=S) groups is 1. The fourth-order valence-corrected chi connectivity index (χ4v) is 5.18. The van der Waals surface area contributed by atoms with Crippen molar-refractivity contribution in [2.24, 2.45) is 0 Å². The monoisotopic (exact) mass is 427 g/mol. The van der Waals surface area contributed by atoms with Gasteiger partial charge in [-0.15, -0.1) is 0 Å². The molecular formula is C21H21N3O3S2. The Morgan fingerprint density at radius 1 is 1.38 bits per heavy atom. The first-order chi connectivity index (χ1) is 14.1. The largest absolute Gasteiger partial charge is 0.465 e. The summed E-state index contributed by atoms with van der Waals surface area (Å²) in [6.45, 7) is 2.41. The number of carbonyl (C=O) groups excluding carboxylic acids is 2. The lowest BCUT2D eigenvalue weighted by atomic mass is 9.95. The van der Waals surface area contributed by atoms with Crippen molar-refractivity contribution in [1.29, 1.82) is 0 Å². The predicted molar refractivity (Wildman–Crippen MR) is 116 cm³/mol. The molecule has 6 nitrogen and oxygen atoms in total. The molecule has 29 heavy (non-hydrogen) atoms. The van der Waals surface area contributed by atoms with Gasteiger partial charge in [-0.05, 0) is 49.9 Å². The van der Waals surface area contributed by atoms with Crippen LogP contribution in [-0.2, 0) is 9.59 Å². The Labute approximate surface area is 179 Å². The number of hydrogen-bond donors (Lipinski definition) is 0. The van der Waals surface area contributed by atoms with Crippen LogP contribution in [0.5, 0.6) is 0 Å². The summed E-state index contributed by atoms with van der Waals surface area (Å²) in [5, 5.41) is 0. The van der Waals surface area contributed by atoms with Crippen LogP contribution in [0.25, 0.3) is 6.08 Å². The van der Waals surface area contributed by atoms with Crippen molar-refractivity contribution >= 4 is 46.2 Å². The second-order valence-electron chi connectivity index (χ2n) is 7.07. The number of piperidine rings is 1. The average Bonchev–Trinajstić information content (AvgIpc) is 3.35. The lowest BCUT2D eigenvalue weighted by Gasteiger charge is -2.38. The number of carbonyl (C=O) groups is 2. The molecule has 0 aromatic carbocycles. The van der Waals surface area contributed by atoms with Crippen LogP contribution in [0.3, 0.4) is 0 Å². The average molecular weight is 428 g/mol. The minimum absolute atomic E-state index is 0.0236. The van der Waals surface area contributed by atoms with E-state index in [0.717, 1.165) is 24.8 Å². The van der Waals surface area contributed by atoms with Gasteiger partial charge in [0.1, 0.15) is 16.1 Å². The number of likely N-dealkylation sites (tertiary alicyclic amines) is 1. The molecule has 2 aliphatic heterocycles. The third kappa shape index (κ3) is 4.00. The molecule has 2 atom stereocenters. The van der Waals surface area contributed by atoms with E-state index in [0.29, 0.717) is 21.5 Å². The second-order valence-corrected chi connectivity index (χ2v) is 8.75. The summed E-state index contributed by atoms with van der Waals surface area (Å²) < 4.78 is 5.69. The first kappa shape index (κ1) is 19.8. The summed E-state index contributed by atoms with van der Waals surface area (Å²) in [4.78, 5) is 34.3. The van der Waals surface area contributed by atoms with Crippen molar-refractivity contribution in [2.45, 2.75) is 38.3 Å². The zero-order valence-corrected chi connectivity index (χ0v) is 17.6. The van der Waals surface area contributed by atoms with Crippen molar-refractivity contribution < 1.29 is 14.0 Å². The summed E-state index contributed by atoms with van der Waals surface area (Å²) in [5.41, 5.74) is 1.02. The van der Waals surface area contributed by atoms with Crippen molar-refractivity contribution in [1.82, 2.24) is 14.8 Å². The number of pyridine rings is 1. The Balaban J connectivity index is 1.55. The van der Waals surface area contributed by atoms with E-state index in [2.05, 4.69) is 4.98 Å². The van der Waals surface area contributed by atoms with Crippen molar-refractivity contribution in [3.05, 3.63) is 59.2 Å². The van der Waals surface area contributed by atoms with Crippen molar-refractivity contribution in [3.8, 4) is 0 Å². The molecule has 0 bridgehead atoms. The van der Waals surface area contributed by atoms with Crippen LogP contribution in [0.2, 0.25) is 0 Å². The van der Waals surface area contributed by atoms with Gasteiger partial charge in [0.15, 0.2) is 0 Å². The summed E-state index contributed by atoms with van der Waals surface area (Å²) in [6, 6.07) is 6.73. The van der Waals surface area contributed by atoms with Gasteiger partial charge in [-0.25, -0.2) is 0 Å². The molecule has 4 heterocycles. The molecule has 2 aliphatic rings. The topological polar surface area (TPSA) is 66.7 Å². The Morgan fingerprint density at radius 3 is 2.97 bits per heavy atom. The quantitative estimate of drug-likeness (QED) is 0.542. The van der Waals surface area contributed by atoms with Crippen molar-refractivity contribution in [2.75, 3.05) is 6.54 Å². The van der Waals surface area contributed by atoms with E-state index in [1.807, 2.05) is 23.2 Å². The van der Waals surface area contributed by atoms with E-state index in [1.165, 1.54) is 16.7 Å². The minimum Gasteiger partial charge on any atom is -0.465 e. The Morgan fingerprint density at radius 2 is 2.24 bits per heavy atom. The van der Waals surface area contributed by atoms with Gasteiger partial charge in [0, 0.05) is 25.0 Å². The van der Waals surface area contributed by atoms with E-state index in [9.17, 15) is 9.59 Å². The number of nitrogens with zero attached hydrogens (tertiary/aromatic N) is 3. The molecule has 4 rings (SSSR count). The number of aromatic nitrogens is 1. The fraction of sp³-hybridized carbons (Fsp3) is 0.333. The number of rotatable bonds is 4. The molecule has 2 amide bonds. The lowest BCUT2D eigenvalue weighted by Crippen LogP contribution is -2.51. The molecule has 2 aromatic heterocycles. The molecule has 2 fully saturated rings. The third-order valence-corrected chi connectivity index (χ3v) is 6.57. The van der Waals surface area contributed by atoms with E-state index >= 15 is 0 Å². The zero-order valence-electron chi connectivity index (χ0n) is 16.0. The molecule has 150 valence electrons. The highest BCUT2D eigenvalue weighted by Gasteiger charge is 2.41. The van der Waals surface area contributed by atoms with Gasteiger partial charge in [0.05, 0.1) is 17.2 Å². The number of furan rings is 1. The lowest BCUT2D eigenvalue weighted by molar-refractivity contribution is -0.142. The number of hydrogen-bond acceptors (Lipinski definition) is 6. The smallest absolute Gasteiger partial charge is 0.267 e. The van der Waals surface area contributed by atoms with Gasteiger partial charge < -0.3 is 9.32 Å². The first-order valence-electron chi connectivity index (χ1n) is 9.57. The fourth-order valence-electron chi connectivity index (χ4n) is 3.78. The van der Waals surface area contributed by atoms with Crippen LogP contribution < -0.4 is 0 Å². The molecule has 8 heteroatoms. The number of thioether (sulfide) groups is 1. The number of amides is 2. The summed E-state index contributed by atoms with van der Waals surface area (Å²) in [6.07, 6.45) is 9.65. The Kier molecular flexibility index (Phi) is 5.82. The minimum atomic E-state index is -0.665. The van der Waals surface area contributed by atoms with E-state index < -0.39 is 6.04 Å². The maximum Gasteiger partial charge on any atom is 0.267 e. The van der Waals surface area contributed by atoms with E-state index in [-0.39, 0.29) is 17.9 Å². The van der Waals surface area contributed by atoms with Crippen molar-refractivity contribution in [3.63, 3.8) is 0 Å². The van der Waals surface area contributed by atoms with Crippen LogP contribution in [0.15, 0.2) is 52.2 Å². The third-order valence-electron chi connectivity index (χ3n) is 5.24. The molecule has 0 N–H and O–H groups in total. The Hall–Kier alpha value is -2.45. The van der Waals surface area contributed by atoms with Gasteiger partial charge in [-0.2, -0.15) is 0 Å². The standard InChI is InChI=1S/C21H21N3O3S2/c1-14(24-20(26)18(29-21(24)28)12-16-7-5-11-27-16)19(25)23-10-3-2-8-17(23)15-6-4-9-22-13-15/h4-7,9,11-14,17H,2-3,8,10H2,1H3/t14?,17-/m0/s1. The highest BCUT2D eigenvalue weighted by Crippen LogP contribution is 2.36. The van der Waals surface area contributed by atoms with Gasteiger partial charge >= 0.3 is 0 Å². The molecule has 2 saturated heterocycles. The van der Waals surface area contributed by atoms with Gasteiger partial charge in [0.25, 0.3) is 5.91 Å². The Bertz CT molecular complexity index is 943. The van der Waals surface area contributed by atoms with Crippen LogP contribution in [0.4, 0.5) is 0 Å². The molecule has 2 aromatic rings. The maximum atomic E-state index is 13.4. The summed E-state index contributed by atoms with van der Waals surface area (Å²) in [5.74, 6) is 0.235. The normalized spacial score (nSPS) is 22.4. The van der Waals surface area contributed by atoms with E-state index in [1.54, 1.807) is 37.6 Å². The summed E-state index contributed by atoms with van der Waals surface area (Å²) >= 11 is 6.62. The van der Waals surface area contributed by atoms with Crippen LogP contribution in [-0.4, -0.2) is 43.5 Å². The molecule has 0 aliphatic carbocycles. The molecule has 1 unspecified atom stereocenters. The van der Waals surface area contributed by atoms with Crippen LogP contribution in [0, 0.1) is 0 Å². The zero-order chi connectivity index (χ0) is 20.4. The van der Waals surface area contributed by atoms with Crippen LogP contribution >= 0.6 is 24.0 Å². The van der Waals surface area contributed by atoms with Gasteiger partial charge in [0.2, 0.25) is 5.91 Å².